The number of pyridine rings is 1. The van der Waals surface area contributed by atoms with E-state index in [1.807, 2.05) is 18.2 Å². The van der Waals surface area contributed by atoms with Gasteiger partial charge in [0.1, 0.15) is 5.58 Å². The minimum atomic E-state index is -0.107. The van der Waals surface area contributed by atoms with Gasteiger partial charge >= 0.3 is 0 Å². The first-order chi connectivity index (χ1) is 6.86. The number of hydrogen-bond acceptors (Lipinski definition) is 3. The molecule has 0 unspecified atom stereocenters. The zero-order valence-corrected chi connectivity index (χ0v) is 7.23. The molecule has 0 N–H and O–H groups in total. The summed E-state index contributed by atoms with van der Waals surface area (Å²) < 4.78 is 5.10. The lowest BCUT2D eigenvalue weighted by molar-refractivity contribution is -0.266. The first kappa shape index (κ1) is 7.38. The monoisotopic (exact) mass is 184 g/mol. The molecular formula is C11H6NO2-. The van der Waals surface area contributed by atoms with E-state index in [-0.39, 0.29) is 5.75 Å². The number of aromatic nitrogens is 1. The van der Waals surface area contributed by atoms with E-state index in [1.54, 1.807) is 12.3 Å². The fraction of sp³-hybridized carbons (Fsp3) is 0. The van der Waals surface area contributed by atoms with Crippen LogP contribution in [0.4, 0.5) is 0 Å². The summed E-state index contributed by atoms with van der Waals surface area (Å²) in [5, 5.41) is 13.0. The third-order valence-corrected chi connectivity index (χ3v) is 2.28. The maximum atomic E-state index is 11.5. The maximum Gasteiger partial charge on any atom is 0.135 e. The smallest absolute Gasteiger partial charge is 0.135 e. The Balaban J connectivity index is 2.65. The van der Waals surface area contributed by atoms with Crippen LogP contribution in [-0.4, -0.2) is 4.98 Å². The lowest BCUT2D eigenvalue weighted by Gasteiger charge is -2.02. The summed E-state index contributed by atoms with van der Waals surface area (Å²) in [5.41, 5.74) is 1.31. The Morgan fingerprint density at radius 2 is 2.14 bits per heavy atom. The molecule has 0 bridgehead atoms. The molecule has 14 heavy (non-hydrogen) atoms. The number of fused-ring (bicyclic) bond motifs is 3. The summed E-state index contributed by atoms with van der Waals surface area (Å²) in [7, 11) is 0. The summed E-state index contributed by atoms with van der Waals surface area (Å²) in [6.45, 7) is 0. The Labute approximate surface area is 79.6 Å². The number of furan rings is 1. The number of rotatable bonds is 0. The molecule has 0 aliphatic heterocycles. The van der Waals surface area contributed by atoms with E-state index in [4.69, 9.17) is 4.42 Å². The van der Waals surface area contributed by atoms with Gasteiger partial charge in [0.2, 0.25) is 0 Å². The van der Waals surface area contributed by atoms with Gasteiger partial charge in [0.25, 0.3) is 0 Å². The molecule has 68 valence electrons. The molecule has 0 saturated heterocycles. The second kappa shape index (κ2) is 2.48. The van der Waals surface area contributed by atoms with Crippen LogP contribution >= 0.6 is 0 Å². The zero-order chi connectivity index (χ0) is 9.54. The van der Waals surface area contributed by atoms with Crippen LogP contribution in [0.15, 0.2) is 41.1 Å². The summed E-state index contributed by atoms with van der Waals surface area (Å²) >= 11 is 0. The fourth-order valence-electron chi connectivity index (χ4n) is 1.64. The van der Waals surface area contributed by atoms with Gasteiger partial charge in [-0.25, -0.2) is 0 Å². The van der Waals surface area contributed by atoms with Crippen LogP contribution < -0.4 is 5.11 Å². The molecular weight excluding hydrogens is 178 g/mol. The van der Waals surface area contributed by atoms with Crippen molar-refractivity contribution in [1.29, 1.82) is 0 Å². The highest BCUT2D eigenvalue weighted by atomic mass is 16.4. The SMILES string of the molecule is [O-]c1coc2ccc3cccnc3c12. The minimum absolute atomic E-state index is 0.107. The molecule has 3 nitrogen and oxygen atoms in total. The Morgan fingerprint density at radius 3 is 3.07 bits per heavy atom. The minimum Gasteiger partial charge on any atom is -0.870 e. The van der Waals surface area contributed by atoms with Gasteiger partial charge in [-0.1, -0.05) is 11.8 Å². The van der Waals surface area contributed by atoms with Crippen molar-refractivity contribution >= 4 is 21.9 Å². The highest BCUT2D eigenvalue weighted by Gasteiger charge is 2.03. The van der Waals surface area contributed by atoms with Crippen molar-refractivity contribution in [3.63, 3.8) is 0 Å². The Hall–Kier alpha value is -2.03. The van der Waals surface area contributed by atoms with Crippen LogP contribution in [0.5, 0.6) is 5.75 Å². The molecule has 1 aromatic carbocycles. The van der Waals surface area contributed by atoms with Crippen molar-refractivity contribution in [2.24, 2.45) is 0 Å². The zero-order valence-electron chi connectivity index (χ0n) is 7.23. The summed E-state index contributed by atoms with van der Waals surface area (Å²) in [4.78, 5) is 4.18. The van der Waals surface area contributed by atoms with Crippen molar-refractivity contribution in [1.82, 2.24) is 4.98 Å². The molecule has 3 heteroatoms. The van der Waals surface area contributed by atoms with E-state index in [9.17, 15) is 5.11 Å². The molecule has 2 aromatic heterocycles. The predicted octanol–water partition coefficient (Wildman–Crippen LogP) is 2.05. The van der Waals surface area contributed by atoms with E-state index in [2.05, 4.69) is 4.98 Å². The second-order valence-electron chi connectivity index (χ2n) is 3.11. The average molecular weight is 184 g/mol. The van der Waals surface area contributed by atoms with Gasteiger partial charge in [-0.15, -0.1) is 0 Å². The lowest BCUT2D eigenvalue weighted by Crippen LogP contribution is -1.87. The molecule has 0 saturated carbocycles. The van der Waals surface area contributed by atoms with E-state index < -0.39 is 0 Å². The third kappa shape index (κ3) is 0.836. The van der Waals surface area contributed by atoms with Crippen LogP contribution in [0.25, 0.3) is 21.9 Å². The van der Waals surface area contributed by atoms with Gasteiger partial charge in [0.05, 0.1) is 11.8 Å². The molecule has 3 aromatic rings. The van der Waals surface area contributed by atoms with Crippen LogP contribution in [0, 0.1) is 0 Å². The van der Waals surface area contributed by atoms with E-state index in [0.717, 1.165) is 5.39 Å². The van der Waals surface area contributed by atoms with Crippen molar-refractivity contribution in [3.05, 3.63) is 36.7 Å². The highest BCUT2D eigenvalue weighted by molar-refractivity contribution is 6.06. The molecule has 0 radical (unpaired) electrons. The van der Waals surface area contributed by atoms with E-state index >= 15 is 0 Å². The van der Waals surface area contributed by atoms with Crippen molar-refractivity contribution < 1.29 is 9.52 Å². The van der Waals surface area contributed by atoms with Gasteiger partial charge in [0, 0.05) is 17.0 Å². The van der Waals surface area contributed by atoms with Crippen LogP contribution in [0.2, 0.25) is 0 Å². The quantitative estimate of drug-likeness (QED) is 0.537. The first-order valence-corrected chi connectivity index (χ1v) is 4.28. The molecule has 0 aliphatic carbocycles. The van der Waals surface area contributed by atoms with Gasteiger partial charge in [0.15, 0.2) is 0 Å². The molecule has 0 spiro atoms. The highest BCUT2D eigenvalue weighted by Crippen LogP contribution is 2.30. The molecule has 2 heterocycles. The average Bonchev–Trinajstić information content (AvgIpc) is 2.61. The molecule has 0 aliphatic rings. The Kier molecular flexibility index (Phi) is 1.31. The van der Waals surface area contributed by atoms with Crippen LogP contribution in [0.1, 0.15) is 0 Å². The largest absolute Gasteiger partial charge is 0.870 e. The molecule has 0 amide bonds. The number of hydrogen-bond donors (Lipinski definition) is 0. The van der Waals surface area contributed by atoms with Crippen molar-refractivity contribution in [2.75, 3.05) is 0 Å². The van der Waals surface area contributed by atoms with Crippen molar-refractivity contribution in [2.45, 2.75) is 0 Å². The third-order valence-electron chi connectivity index (χ3n) is 2.28. The maximum absolute atomic E-state index is 11.5. The molecule has 0 atom stereocenters. The van der Waals surface area contributed by atoms with Gasteiger partial charge in [-0.2, -0.15) is 0 Å². The topological polar surface area (TPSA) is 49.1 Å². The summed E-state index contributed by atoms with van der Waals surface area (Å²) in [6.07, 6.45) is 2.90. The Bertz CT molecular complexity index is 613. The van der Waals surface area contributed by atoms with E-state index in [0.29, 0.717) is 16.5 Å². The fourth-order valence-corrected chi connectivity index (χ4v) is 1.64. The molecule has 0 fully saturated rings. The van der Waals surface area contributed by atoms with Crippen molar-refractivity contribution in [3.8, 4) is 5.75 Å². The first-order valence-electron chi connectivity index (χ1n) is 4.28. The number of nitrogens with zero attached hydrogens (tertiary/aromatic N) is 1. The standard InChI is InChI=1S/C11H7NO2/c13-8-6-14-9-4-3-7-2-1-5-12-11(7)10(8)9/h1-6,13H/p-1. The van der Waals surface area contributed by atoms with E-state index in [1.165, 1.54) is 6.26 Å². The molecule has 3 rings (SSSR count). The summed E-state index contributed by atoms with van der Waals surface area (Å²) in [6, 6.07) is 7.46. The predicted molar refractivity (Wildman–Crippen MR) is 51.0 cm³/mol. The van der Waals surface area contributed by atoms with Crippen LogP contribution in [-0.2, 0) is 0 Å². The van der Waals surface area contributed by atoms with Gasteiger partial charge in [-0.3, -0.25) is 4.98 Å². The summed E-state index contributed by atoms with van der Waals surface area (Å²) in [5.74, 6) is -0.107. The Morgan fingerprint density at radius 1 is 1.21 bits per heavy atom. The van der Waals surface area contributed by atoms with Crippen LogP contribution in [0.3, 0.4) is 0 Å². The lowest BCUT2D eigenvalue weighted by atomic mass is 10.1. The van der Waals surface area contributed by atoms with Gasteiger partial charge < -0.3 is 9.52 Å². The van der Waals surface area contributed by atoms with Gasteiger partial charge in [-0.05, 0) is 18.2 Å². The normalized spacial score (nSPS) is 11.1. The second-order valence-corrected chi connectivity index (χ2v) is 3.11. The number of benzene rings is 1.